The van der Waals surface area contributed by atoms with E-state index in [1.165, 1.54) is 96.3 Å². The Morgan fingerprint density at radius 3 is 0.636 bits per heavy atom. The molecule has 0 aromatic heterocycles. The van der Waals surface area contributed by atoms with Gasteiger partial charge in [-0.3, -0.25) is 0 Å². The summed E-state index contributed by atoms with van der Waals surface area (Å²) in [6.45, 7) is 17.8. The predicted molar refractivity (Wildman–Crippen MR) is 194 cm³/mol. The van der Waals surface area contributed by atoms with Gasteiger partial charge in [-0.2, -0.15) is 0 Å². The highest BCUT2D eigenvalue weighted by atomic mass is 31.2. The first kappa shape index (κ1) is 46.7. The monoisotopic (exact) mass is 669 g/mol. The highest BCUT2D eigenvalue weighted by Crippen LogP contribution is 2.41. The summed E-state index contributed by atoms with van der Waals surface area (Å²) in [7, 11) is -2.24. The van der Waals surface area contributed by atoms with Gasteiger partial charge in [0.2, 0.25) is 0 Å². The molecule has 0 unspecified atom stereocenters. The molecule has 6 nitrogen and oxygen atoms in total. The van der Waals surface area contributed by atoms with E-state index in [1.807, 2.05) is 0 Å². The molecule has 44 heavy (non-hydrogen) atoms. The van der Waals surface area contributed by atoms with Crippen molar-refractivity contribution in [2.24, 2.45) is 0 Å². The van der Waals surface area contributed by atoms with Crippen LogP contribution in [0.2, 0.25) is 0 Å². The third-order valence-corrected chi connectivity index (χ3v) is 9.53. The van der Waals surface area contributed by atoms with E-state index < -0.39 is 17.2 Å². The summed E-state index contributed by atoms with van der Waals surface area (Å²) in [6, 6.07) is 0. The SMILES string of the molecule is CCCCCCCCOP(OCCCCCCCC)OCCCCCCCC.CCCCOP(OCCCC)OCCCC. The fraction of sp³-hybridized carbons (Fsp3) is 1.00. The van der Waals surface area contributed by atoms with E-state index >= 15 is 0 Å². The molecular weight excluding hydrogens is 590 g/mol. The normalized spacial score (nSPS) is 11.5. The van der Waals surface area contributed by atoms with Gasteiger partial charge >= 0.3 is 17.2 Å². The lowest BCUT2D eigenvalue weighted by Crippen LogP contribution is -2.00. The zero-order valence-corrected chi connectivity index (χ0v) is 32.3. The molecular formula is C36H78O6P2. The molecule has 0 radical (unpaired) electrons. The second-order valence-electron chi connectivity index (χ2n) is 11.8. The molecule has 0 fully saturated rings. The molecule has 0 spiro atoms. The molecule has 8 heteroatoms. The molecule has 268 valence electrons. The first-order chi connectivity index (χ1) is 21.7. The maximum Gasteiger partial charge on any atom is 0.332 e. The summed E-state index contributed by atoms with van der Waals surface area (Å²) in [5.41, 5.74) is 0. The molecule has 0 amide bonds. The minimum atomic E-state index is -1.14. The minimum absolute atomic E-state index is 0.750. The third-order valence-electron chi connectivity index (χ3n) is 7.17. The van der Waals surface area contributed by atoms with Crippen LogP contribution < -0.4 is 0 Å². The molecule has 0 heterocycles. The van der Waals surface area contributed by atoms with Crippen molar-refractivity contribution in [3.63, 3.8) is 0 Å². The summed E-state index contributed by atoms with van der Waals surface area (Å²) in [5.74, 6) is 0. The van der Waals surface area contributed by atoms with Crippen molar-refractivity contribution in [1.82, 2.24) is 0 Å². The Morgan fingerprint density at radius 2 is 0.409 bits per heavy atom. The largest absolute Gasteiger partial charge is 0.332 e. The van der Waals surface area contributed by atoms with Crippen LogP contribution in [0.5, 0.6) is 0 Å². The lowest BCUT2D eigenvalue weighted by molar-refractivity contribution is 0.153. The first-order valence-electron chi connectivity index (χ1n) is 19.1. The predicted octanol–water partition coefficient (Wildman–Crippen LogP) is 14.0. The average Bonchev–Trinajstić information content (AvgIpc) is 3.03. The van der Waals surface area contributed by atoms with E-state index in [0.717, 1.165) is 97.4 Å². The van der Waals surface area contributed by atoms with Gasteiger partial charge < -0.3 is 27.1 Å². The van der Waals surface area contributed by atoms with E-state index in [0.29, 0.717) is 0 Å². The van der Waals surface area contributed by atoms with Crippen LogP contribution in [0, 0.1) is 0 Å². The van der Waals surface area contributed by atoms with Gasteiger partial charge in [0.1, 0.15) is 0 Å². The summed E-state index contributed by atoms with van der Waals surface area (Å²) in [4.78, 5) is 0. The van der Waals surface area contributed by atoms with Crippen LogP contribution in [-0.2, 0) is 27.1 Å². The van der Waals surface area contributed by atoms with Crippen molar-refractivity contribution in [3.8, 4) is 0 Å². The molecule has 0 aromatic rings. The van der Waals surface area contributed by atoms with Crippen LogP contribution >= 0.6 is 17.2 Å². The zero-order valence-electron chi connectivity index (χ0n) is 30.6. The molecule has 0 atom stereocenters. The quantitative estimate of drug-likeness (QED) is 0.0489. The highest BCUT2D eigenvalue weighted by molar-refractivity contribution is 7.41. The van der Waals surface area contributed by atoms with Crippen molar-refractivity contribution in [2.75, 3.05) is 39.6 Å². The summed E-state index contributed by atoms with van der Waals surface area (Å²) < 4.78 is 34.7. The van der Waals surface area contributed by atoms with Crippen molar-refractivity contribution in [1.29, 1.82) is 0 Å². The van der Waals surface area contributed by atoms with E-state index in [1.54, 1.807) is 0 Å². The molecule has 0 aliphatic carbocycles. The number of rotatable bonds is 36. The van der Waals surface area contributed by atoms with Gasteiger partial charge in [-0.15, -0.1) is 0 Å². The standard InChI is InChI=1S/C24H51O3P.C12H27O3P/c1-4-7-10-13-16-19-22-25-28(26-23-20-17-14-11-8-5-2)27-24-21-18-15-12-9-6-3;1-4-7-10-13-16(14-11-8-5-2)15-12-9-6-3/h4-24H2,1-3H3;4-12H2,1-3H3. The average molecular weight is 669 g/mol. The lowest BCUT2D eigenvalue weighted by Gasteiger charge is -2.17. The summed E-state index contributed by atoms with van der Waals surface area (Å²) in [6.07, 6.45) is 29.9. The van der Waals surface area contributed by atoms with E-state index in [4.69, 9.17) is 27.1 Å². The Kier molecular flexibility index (Phi) is 46.3. The zero-order chi connectivity index (χ0) is 32.6. The van der Waals surface area contributed by atoms with Crippen LogP contribution in [0.15, 0.2) is 0 Å². The molecule has 0 saturated heterocycles. The fourth-order valence-corrected chi connectivity index (χ4v) is 6.25. The van der Waals surface area contributed by atoms with Crippen molar-refractivity contribution < 1.29 is 27.1 Å². The summed E-state index contributed by atoms with van der Waals surface area (Å²) >= 11 is 0. The Labute approximate surface area is 279 Å². The van der Waals surface area contributed by atoms with Crippen molar-refractivity contribution in [2.45, 2.75) is 196 Å². The Morgan fingerprint density at radius 1 is 0.227 bits per heavy atom. The van der Waals surface area contributed by atoms with Crippen molar-refractivity contribution in [3.05, 3.63) is 0 Å². The fourth-order valence-electron chi connectivity index (χ4n) is 4.14. The third kappa shape index (κ3) is 40.6. The van der Waals surface area contributed by atoms with Gasteiger partial charge in [0.15, 0.2) is 0 Å². The Hall–Kier alpha value is 0.620. The maximum absolute atomic E-state index is 5.96. The van der Waals surface area contributed by atoms with Crippen LogP contribution in [0.3, 0.4) is 0 Å². The number of unbranched alkanes of at least 4 members (excludes halogenated alkanes) is 18. The Bertz CT molecular complexity index is 423. The lowest BCUT2D eigenvalue weighted by atomic mass is 10.1. The maximum atomic E-state index is 5.96. The van der Waals surface area contributed by atoms with Gasteiger partial charge in [-0.25, -0.2) is 0 Å². The van der Waals surface area contributed by atoms with Gasteiger partial charge in [0.25, 0.3) is 0 Å². The van der Waals surface area contributed by atoms with Gasteiger partial charge in [-0.05, 0) is 38.5 Å². The molecule has 0 saturated carbocycles. The molecule has 0 aliphatic rings. The molecule has 0 rings (SSSR count). The number of hydrogen-bond acceptors (Lipinski definition) is 6. The van der Waals surface area contributed by atoms with E-state index in [-0.39, 0.29) is 0 Å². The van der Waals surface area contributed by atoms with Gasteiger partial charge in [0, 0.05) is 0 Å². The molecule has 0 bridgehead atoms. The van der Waals surface area contributed by atoms with Crippen LogP contribution in [0.1, 0.15) is 196 Å². The van der Waals surface area contributed by atoms with Gasteiger partial charge in [0.05, 0.1) is 39.6 Å². The Balaban J connectivity index is 0. The van der Waals surface area contributed by atoms with Gasteiger partial charge in [-0.1, -0.05) is 157 Å². The van der Waals surface area contributed by atoms with Crippen LogP contribution in [-0.4, -0.2) is 39.6 Å². The smallest absolute Gasteiger partial charge is 0.312 e. The molecule has 0 aromatic carbocycles. The highest BCUT2D eigenvalue weighted by Gasteiger charge is 2.13. The number of hydrogen-bond donors (Lipinski definition) is 0. The second-order valence-corrected chi connectivity index (χ2v) is 14.3. The minimum Gasteiger partial charge on any atom is -0.312 e. The van der Waals surface area contributed by atoms with E-state index in [2.05, 4.69) is 41.5 Å². The van der Waals surface area contributed by atoms with Crippen molar-refractivity contribution >= 4 is 17.2 Å². The molecule has 0 aliphatic heterocycles. The first-order valence-corrected chi connectivity index (χ1v) is 21.3. The van der Waals surface area contributed by atoms with E-state index in [9.17, 15) is 0 Å². The second kappa shape index (κ2) is 43.6. The molecule has 0 N–H and O–H groups in total. The summed E-state index contributed by atoms with van der Waals surface area (Å²) in [5, 5.41) is 0. The van der Waals surface area contributed by atoms with Crippen LogP contribution in [0.4, 0.5) is 0 Å². The topological polar surface area (TPSA) is 55.4 Å². The van der Waals surface area contributed by atoms with Crippen LogP contribution in [0.25, 0.3) is 0 Å².